The first-order valence-electron chi connectivity index (χ1n) is 8.21. The van der Waals surface area contributed by atoms with Gasteiger partial charge in [0, 0.05) is 17.8 Å². The summed E-state index contributed by atoms with van der Waals surface area (Å²) in [6.07, 6.45) is 0. The van der Waals surface area contributed by atoms with Crippen LogP contribution in [0.3, 0.4) is 0 Å². The molecule has 0 saturated heterocycles. The van der Waals surface area contributed by atoms with Crippen LogP contribution in [0.25, 0.3) is 0 Å². The molecule has 0 bridgehead atoms. The van der Waals surface area contributed by atoms with Crippen molar-refractivity contribution in [3.8, 4) is 11.5 Å². The molecule has 0 saturated carbocycles. The number of phenols is 1. The standard InChI is InChI=1S/C21H19Cl2NO2/c1-14-6-8-15(9-7-14)13-26-20-5-3-2-4-16(20)12-24-17-10-18(22)21(25)19(23)11-17/h2-11,24-25H,12-13H2,1H3. The lowest BCUT2D eigenvalue weighted by Gasteiger charge is -2.14. The van der Waals surface area contributed by atoms with Crippen molar-refractivity contribution in [2.24, 2.45) is 0 Å². The fraction of sp³-hybridized carbons (Fsp3) is 0.143. The number of benzene rings is 3. The number of rotatable bonds is 6. The zero-order valence-corrected chi connectivity index (χ0v) is 15.8. The first-order chi connectivity index (χ1) is 12.5. The van der Waals surface area contributed by atoms with E-state index < -0.39 is 0 Å². The molecular formula is C21H19Cl2NO2. The van der Waals surface area contributed by atoms with Gasteiger partial charge in [0.1, 0.15) is 12.4 Å². The molecule has 26 heavy (non-hydrogen) atoms. The van der Waals surface area contributed by atoms with Crippen LogP contribution in [0, 0.1) is 6.92 Å². The van der Waals surface area contributed by atoms with Crippen molar-refractivity contribution >= 4 is 28.9 Å². The van der Waals surface area contributed by atoms with Crippen LogP contribution < -0.4 is 10.1 Å². The Morgan fingerprint density at radius 1 is 0.962 bits per heavy atom. The van der Waals surface area contributed by atoms with Gasteiger partial charge in [-0.1, -0.05) is 71.2 Å². The van der Waals surface area contributed by atoms with Crippen molar-refractivity contribution in [1.29, 1.82) is 0 Å². The molecular weight excluding hydrogens is 369 g/mol. The number of nitrogens with one attached hydrogen (secondary N) is 1. The Morgan fingerprint density at radius 2 is 1.62 bits per heavy atom. The summed E-state index contributed by atoms with van der Waals surface area (Å²) in [7, 11) is 0. The third-order valence-electron chi connectivity index (χ3n) is 3.99. The summed E-state index contributed by atoms with van der Waals surface area (Å²) in [5.41, 5.74) is 4.09. The third kappa shape index (κ3) is 4.63. The van der Waals surface area contributed by atoms with E-state index in [1.54, 1.807) is 12.1 Å². The van der Waals surface area contributed by atoms with Gasteiger partial charge in [-0.25, -0.2) is 0 Å². The number of hydrogen-bond donors (Lipinski definition) is 2. The Kier molecular flexibility index (Phi) is 5.92. The van der Waals surface area contributed by atoms with Crippen LogP contribution in [0.2, 0.25) is 10.0 Å². The molecule has 0 spiro atoms. The average Bonchev–Trinajstić information content (AvgIpc) is 2.64. The van der Waals surface area contributed by atoms with Crippen LogP contribution in [-0.4, -0.2) is 5.11 Å². The topological polar surface area (TPSA) is 41.5 Å². The largest absolute Gasteiger partial charge is 0.505 e. The minimum absolute atomic E-state index is 0.110. The highest BCUT2D eigenvalue weighted by atomic mass is 35.5. The number of ether oxygens (including phenoxy) is 1. The number of aryl methyl sites for hydroxylation is 1. The maximum atomic E-state index is 9.64. The van der Waals surface area contributed by atoms with Crippen molar-refractivity contribution in [2.45, 2.75) is 20.1 Å². The van der Waals surface area contributed by atoms with Gasteiger partial charge in [0.15, 0.2) is 5.75 Å². The molecule has 0 aliphatic carbocycles. The first kappa shape index (κ1) is 18.4. The Balaban J connectivity index is 1.68. The van der Waals surface area contributed by atoms with E-state index in [4.69, 9.17) is 27.9 Å². The highest BCUT2D eigenvalue weighted by Gasteiger charge is 2.08. The highest BCUT2D eigenvalue weighted by molar-refractivity contribution is 6.37. The van der Waals surface area contributed by atoms with Crippen LogP contribution in [0.4, 0.5) is 5.69 Å². The quantitative estimate of drug-likeness (QED) is 0.494. The second kappa shape index (κ2) is 8.35. The highest BCUT2D eigenvalue weighted by Crippen LogP contribution is 2.35. The van der Waals surface area contributed by atoms with Gasteiger partial charge in [0.25, 0.3) is 0 Å². The van der Waals surface area contributed by atoms with Gasteiger partial charge in [-0.3, -0.25) is 0 Å². The van der Waals surface area contributed by atoms with Crippen molar-refractivity contribution in [3.05, 3.63) is 87.4 Å². The number of halogens is 2. The molecule has 0 aromatic heterocycles. The molecule has 0 atom stereocenters. The Morgan fingerprint density at radius 3 is 2.31 bits per heavy atom. The molecule has 0 aliphatic heterocycles. The molecule has 0 heterocycles. The molecule has 3 aromatic rings. The molecule has 3 rings (SSSR count). The summed E-state index contributed by atoms with van der Waals surface area (Å²) in [6, 6.07) is 19.4. The van der Waals surface area contributed by atoms with E-state index in [2.05, 4.69) is 36.5 Å². The van der Waals surface area contributed by atoms with E-state index >= 15 is 0 Å². The fourth-order valence-corrected chi connectivity index (χ4v) is 2.99. The molecule has 0 unspecified atom stereocenters. The fourth-order valence-electron chi connectivity index (χ4n) is 2.50. The van der Waals surface area contributed by atoms with Gasteiger partial charge in [-0.05, 0) is 30.7 Å². The van der Waals surface area contributed by atoms with E-state index in [0.717, 1.165) is 22.6 Å². The zero-order valence-electron chi connectivity index (χ0n) is 14.3. The number of phenolic OH excluding ortho intramolecular Hbond substituents is 1. The molecule has 2 N–H and O–H groups in total. The van der Waals surface area contributed by atoms with Crippen LogP contribution in [0.1, 0.15) is 16.7 Å². The predicted octanol–water partition coefficient (Wildman–Crippen LogP) is 6.20. The maximum absolute atomic E-state index is 9.64. The molecule has 0 radical (unpaired) electrons. The summed E-state index contributed by atoms with van der Waals surface area (Å²) >= 11 is 11.9. The monoisotopic (exact) mass is 387 g/mol. The minimum atomic E-state index is -0.110. The Labute approximate surface area is 163 Å². The van der Waals surface area contributed by atoms with Gasteiger partial charge in [0.05, 0.1) is 10.0 Å². The second-order valence-electron chi connectivity index (χ2n) is 6.02. The van der Waals surface area contributed by atoms with Crippen molar-refractivity contribution < 1.29 is 9.84 Å². The van der Waals surface area contributed by atoms with Gasteiger partial charge >= 0.3 is 0 Å². The lowest BCUT2D eigenvalue weighted by atomic mass is 10.1. The van der Waals surface area contributed by atoms with E-state index in [1.807, 2.05) is 24.3 Å². The van der Waals surface area contributed by atoms with Crippen LogP contribution in [0.5, 0.6) is 11.5 Å². The molecule has 0 aliphatic rings. The number of anilines is 1. The third-order valence-corrected chi connectivity index (χ3v) is 4.56. The van der Waals surface area contributed by atoms with Crippen LogP contribution >= 0.6 is 23.2 Å². The van der Waals surface area contributed by atoms with Gasteiger partial charge < -0.3 is 15.2 Å². The van der Waals surface area contributed by atoms with E-state index in [0.29, 0.717) is 13.2 Å². The zero-order chi connectivity index (χ0) is 18.5. The first-order valence-corrected chi connectivity index (χ1v) is 8.96. The van der Waals surface area contributed by atoms with E-state index in [9.17, 15) is 5.11 Å². The molecule has 134 valence electrons. The normalized spacial score (nSPS) is 10.6. The molecule has 0 amide bonds. The average molecular weight is 388 g/mol. The van der Waals surface area contributed by atoms with Gasteiger partial charge in [-0.15, -0.1) is 0 Å². The summed E-state index contributed by atoms with van der Waals surface area (Å²) in [6.45, 7) is 3.11. The number of para-hydroxylation sites is 1. The van der Waals surface area contributed by atoms with Gasteiger partial charge in [-0.2, -0.15) is 0 Å². The van der Waals surface area contributed by atoms with Crippen LogP contribution in [0.15, 0.2) is 60.7 Å². The van der Waals surface area contributed by atoms with Crippen molar-refractivity contribution in [2.75, 3.05) is 5.32 Å². The smallest absolute Gasteiger partial charge is 0.152 e. The molecule has 5 heteroatoms. The summed E-state index contributed by atoms with van der Waals surface area (Å²) in [5, 5.41) is 13.3. The molecule has 3 aromatic carbocycles. The van der Waals surface area contributed by atoms with Crippen molar-refractivity contribution in [1.82, 2.24) is 0 Å². The lowest BCUT2D eigenvalue weighted by Crippen LogP contribution is -2.03. The Hall–Kier alpha value is -2.36. The van der Waals surface area contributed by atoms with E-state index in [1.165, 1.54) is 5.56 Å². The lowest BCUT2D eigenvalue weighted by molar-refractivity contribution is 0.303. The predicted molar refractivity (Wildman–Crippen MR) is 107 cm³/mol. The van der Waals surface area contributed by atoms with Crippen LogP contribution in [-0.2, 0) is 13.2 Å². The SMILES string of the molecule is Cc1ccc(COc2ccccc2CNc2cc(Cl)c(O)c(Cl)c2)cc1. The molecule has 3 nitrogen and oxygen atoms in total. The summed E-state index contributed by atoms with van der Waals surface area (Å²) < 4.78 is 5.99. The second-order valence-corrected chi connectivity index (χ2v) is 6.84. The Bertz CT molecular complexity index is 872. The van der Waals surface area contributed by atoms with Crippen molar-refractivity contribution in [3.63, 3.8) is 0 Å². The number of aromatic hydroxyl groups is 1. The summed E-state index contributed by atoms with van der Waals surface area (Å²) in [4.78, 5) is 0. The maximum Gasteiger partial charge on any atom is 0.152 e. The van der Waals surface area contributed by atoms with E-state index in [-0.39, 0.29) is 15.8 Å². The minimum Gasteiger partial charge on any atom is -0.505 e. The summed E-state index contributed by atoms with van der Waals surface area (Å²) in [5.74, 6) is 0.706. The molecule has 0 fully saturated rings. The number of hydrogen-bond acceptors (Lipinski definition) is 3. The van der Waals surface area contributed by atoms with Gasteiger partial charge in [0.2, 0.25) is 0 Å².